The first-order valence-electron chi connectivity index (χ1n) is 23.5. The van der Waals surface area contributed by atoms with Crippen molar-refractivity contribution in [3.63, 3.8) is 0 Å². The first kappa shape index (κ1) is 42.5. The fraction of sp³-hybridized carbons (Fsp3) is 0. The van der Waals surface area contributed by atoms with Gasteiger partial charge in [-0.05, 0) is 166 Å². The molecule has 3 heteroatoms. The van der Waals surface area contributed by atoms with E-state index >= 15 is 0 Å². The third-order valence-electron chi connectivity index (χ3n) is 12.6. The van der Waals surface area contributed by atoms with E-state index in [9.17, 15) is 0 Å². The number of nitrogens with zero attached hydrogens (tertiary/aromatic N) is 3. The molecule has 0 aliphatic carbocycles. The van der Waals surface area contributed by atoms with Crippen LogP contribution in [-0.4, -0.2) is 0 Å². The van der Waals surface area contributed by atoms with Gasteiger partial charge in [0.05, 0.1) is 0 Å². The lowest BCUT2D eigenvalue weighted by molar-refractivity contribution is 1.28. The SMILES string of the molecule is c1ccc(N(c2ccccc2)c2ccc(-c3cccc(-c4ccc(N(c5ccccc5)c5ccc(-c6cccc(-c7ccc(N(c8ccccc8)c8ccccc8)cc7)c6)cc5)cc4)c3)cc2)cc1. The van der Waals surface area contributed by atoms with Crippen molar-refractivity contribution in [3.05, 3.63) is 297 Å². The summed E-state index contributed by atoms with van der Waals surface area (Å²) in [7, 11) is 0. The molecule has 0 heterocycles. The van der Waals surface area contributed by atoms with Crippen molar-refractivity contribution in [1.29, 1.82) is 0 Å². The molecule has 11 aromatic rings. The Bertz CT molecular complexity index is 3090. The predicted molar refractivity (Wildman–Crippen MR) is 292 cm³/mol. The summed E-state index contributed by atoms with van der Waals surface area (Å²) in [5, 5.41) is 0. The molecule has 3 nitrogen and oxygen atoms in total. The standard InChI is InChI=1S/C66H49N3/c1-6-22-58(23-7-1)67(59-24-8-2-9-25-59)63-40-32-50(33-41-63)54-18-16-20-56(48-54)52-36-44-65(45-37-52)69(62-30-14-5-15-31-62)66-46-38-53(39-47-66)57-21-17-19-55(49-57)51-34-42-64(43-35-51)68(60-26-10-3-11-27-60)61-28-12-4-13-29-61/h1-49H. The molecule has 0 fully saturated rings. The van der Waals surface area contributed by atoms with Crippen LogP contribution in [0.5, 0.6) is 0 Å². The maximum atomic E-state index is 2.33. The Morgan fingerprint density at radius 1 is 0.130 bits per heavy atom. The van der Waals surface area contributed by atoms with E-state index < -0.39 is 0 Å². The fourth-order valence-corrected chi connectivity index (χ4v) is 9.20. The summed E-state index contributed by atoms with van der Waals surface area (Å²) >= 11 is 0. The number of rotatable bonds is 13. The second-order valence-electron chi connectivity index (χ2n) is 17.0. The molecule has 0 aliphatic heterocycles. The Morgan fingerprint density at radius 2 is 0.304 bits per heavy atom. The highest BCUT2D eigenvalue weighted by Crippen LogP contribution is 2.40. The Morgan fingerprint density at radius 3 is 0.493 bits per heavy atom. The van der Waals surface area contributed by atoms with Gasteiger partial charge in [-0.15, -0.1) is 0 Å². The smallest absolute Gasteiger partial charge is 0.0462 e. The van der Waals surface area contributed by atoms with Crippen LogP contribution < -0.4 is 14.7 Å². The fourth-order valence-electron chi connectivity index (χ4n) is 9.20. The molecule has 0 spiro atoms. The quantitative estimate of drug-likeness (QED) is 0.114. The molecule has 11 rings (SSSR count). The van der Waals surface area contributed by atoms with Crippen LogP contribution in [-0.2, 0) is 0 Å². The van der Waals surface area contributed by atoms with E-state index in [-0.39, 0.29) is 0 Å². The summed E-state index contributed by atoms with van der Waals surface area (Å²) in [6.45, 7) is 0. The van der Waals surface area contributed by atoms with Crippen LogP contribution >= 0.6 is 0 Å². The van der Waals surface area contributed by atoms with Gasteiger partial charge >= 0.3 is 0 Å². The second-order valence-corrected chi connectivity index (χ2v) is 17.0. The van der Waals surface area contributed by atoms with Gasteiger partial charge in [-0.1, -0.05) is 176 Å². The number of anilines is 9. The Hall–Kier alpha value is -9.18. The zero-order valence-electron chi connectivity index (χ0n) is 38.1. The van der Waals surface area contributed by atoms with Crippen molar-refractivity contribution in [3.8, 4) is 44.5 Å². The van der Waals surface area contributed by atoms with Gasteiger partial charge < -0.3 is 14.7 Å². The van der Waals surface area contributed by atoms with E-state index in [2.05, 4.69) is 312 Å². The molecule has 328 valence electrons. The molecule has 0 aromatic heterocycles. The summed E-state index contributed by atoms with van der Waals surface area (Å²) in [5.74, 6) is 0. The molecule has 0 aliphatic rings. The number of benzene rings is 11. The minimum absolute atomic E-state index is 1.09. The van der Waals surface area contributed by atoms with E-state index in [1.54, 1.807) is 0 Å². The lowest BCUT2D eigenvalue weighted by atomic mass is 9.98. The highest BCUT2D eigenvalue weighted by molar-refractivity contribution is 5.84. The van der Waals surface area contributed by atoms with Gasteiger partial charge in [0.25, 0.3) is 0 Å². The summed E-state index contributed by atoms with van der Waals surface area (Å²) in [4.78, 5) is 6.91. The van der Waals surface area contributed by atoms with Crippen LogP contribution in [0.2, 0.25) is 0 Å². The minimum atomic E-state index is 1.09. The third kappa shape index (κ3) is 9.31. The van der Waals surface area contributed by atoms with Gasteiger partial charge in [0.2, 0.25) is 0 Å². The first-order chi connectivity index (χ1) is 34.2. The van der Waals surface area contributed by atoms with E-state index in [4.69, 9.17) is 0 Å². The average molecular weight is 884 g/mol. The molecular formula is C66H49N3. The monoisotopic (exact) mass is 883 g/mol. The first-order valence-corrected chi connectivity index (χ1v) is 23.5. The molecule has 0 saturated heterocycles. The highest BCUT2D eigenvalue weighted by Gasteiger charge is 2.16. The predicted octanol–water partition coefficient (Wildman–Crippen LogP) is 18.8. The van der Waals surface area contributed by atoms with Gasteiger partial charge in [-0.2, -0.15) is 0 Å². The zero-order chi connectivity index (χ0) is 46.2. The number of hydrogen-bond donors (Lipinski definition) is 0. The van der Waals surface area contributed by atoms with Crippen LogP contribution in [0.25, 0.3) is 44.5 Å². The largest absolute Gasteiger partial charge is 0.311 e. The summed E-state index contributed by atoms with van der Waals surface area (Å²) in [6.07, 6.45) is 0. The maximum Gasteiger partial charge on any atom is 0.0462 e. The molecule has 69 heavy (non-hydrogen) atoms. The van der Waals surface area contributed by atoms with Crippen molar-refractivity contribution in [2.45, 2.75) is 0 Å². The lowest BCUT2D eigenvalue weighted by Crippen LogP contribution is -2.09. The van der Waals surface area contributed by atoms with Gasteiger partial charge in [0.1, 0.15) is 0 Å². The molecular weight excluding hydrogens is 835 g/mol. The molecule has 0 bridgehead atoms. The van der Waals surface area contributed by atoms with Crippen molar-refractivity contribution >= 4 is 51.2 Å². The molecule has 11 aromatic carbocycles. The van der Waals surface area contributed by atoms with Crippen LogP contribution in [0.1, 0.15) is 0 Å². The molecule has 0 saturated carbocycles. The Kier molecular flexibility index (Phi) is 12.1. The molecule has 0 unspecified atom stereocenters. The van der Waals surface area contributed by atoms with Crippen LogP contribution in [0.15, 0.2) is 297 Å². The number of hydrogen-bond acceptors (Lipinski definition) is 3. The van der Waals surface area contributed by atoms with E-state index in [1.807, 2.05) is 0 Å². The molecule has 0 radical (unpaired) electrons. The van der Waals surface area contributed by atoms with Crippen LogP contribution in [0.4, 0.5) is 51.2 Å². The second kappa shape index (κ2) is 19.7. The normalized spacial score (nSPS) is 10.9. The summed E-state index contributed by atoms with van der Waals surface area (Å²) in [5.41, 5.74) is 19.4. The van der Waals surface area contributed by atoms with E-state index in [1.165, 1.54) is 44.5 Å². The van der Waals surface area contributed by atoms with Gasteiger partial charge in [-0.3, -0.25) is 0 Å². The van der Waals surface area contributed by atoms with Crippen molar-refractivity contribution < 1.29 is 0 Å². The van der Waals surface area contributed by atoms with Gasteiger partial charge in [0, 0.05) is 51.2 Å². The lowest BCUT2D eigenvalue weighted by Gasteiger charge is -2.26. The van der Waals surface area contributed by atoms with Crippen LogP contribution in [0, 0.1) is 0 Å². The Balaban J connectivity index is 0.828. The summed E-state index contributed by atoms with van der Waals surface area (Å²) < 4.78 is 0. The average Bonchev–Trinajstić information content (AvgIpc) is 3.43. The Labute approximate surface area is 405 Å². The molecule has 0 amide bonds. The van der Waals surface area contributed by atoms with E-state index in [0.29, 0.717) is 0 Å². The zero-order valence-corrected chi connectivity index (χ0v) is 38.1. The van der Waals surface area contributed by atoms with Crippen molar-refractivity contribution in [2.75, 3.05) is 14.7 Å². The maximum absolute atomic E-state index is 2.33. The van der Waals surface area contributed by atoms with Gasteiger partial charge in [-0.25, -0.2) is 0 Å². The summed E-state index contributed by atoms with van der Waals surface area (Å²) in [6, 6.07) is 106. The van der Waals surface area contributed by atoms with Gasteiger partial charge in [0.15, 0.2) is 0 Å². The molecule has 0 atom stereocenters. The number of para-hydroxylation sites is 5. The van der Waals surface area contributed by atoms with E-state index in [0.717, 1.165) is 51.2 Å². The van der Waals surface area contributed by atoms with Crippen LogP contribution in [0.3, 0.4) is 0 Å². The highest BCUT2D eigenvalue weighted by atomic mass is 15.2. The third-order valence-corrected chi connectivity index (χ3v) is 12.6. The molecule has 0 N–H and O–H groups in total. The minimum Gasteiger partial charge on any atom is -0.311 e. The van der Waals surface area contributed by atoms with Crippen molar-refractivity contribution in [1.82, 2.24) is 0 Å². The van der Waals surface area contributed by atoms with Crippen molar-refractivity contribution in [2.24, 2.45) is 0 Å². The topological polar surface area (TPSA) is 9.72 Å².